The Balaban J connectivity index is 1.40. The van der Waals surface area contributed by atoms with Crippen LogP contribution in [0.1, 0.15) is 34.3 Å². The summed E-state index contributed by atoms with van der Waals surface area (Å²) >= 11 is 0. The lowest BCUT2D eigenvalue weighted by atomic mass is 9.83. The van der Waals surface area contributed by atoms with E-state index in [9.17, 15) is 18.8 Å². The molecule has 3 aliphatic heterocycles. The van der Waals surface area contributed by atoms with Crippen LogP contribution in [0.2, 0.25) is 0 Å². The summed E-state index contributed by atoms with van der Waals surface area (Å²) < 4.78 is 13.1. The van der Waals surface area contributed by atoms with Crippen LogP contribution in [-0.4, -0.2) is 55.0 Å². The van der Waals surface area contributed by atoms with Gasteiger partial charge in [-0.3, -0.25) is 24.1 Å². The van der Waals surface area contributed by atoms with Gasteiger partial charge in [-0.05, 0) is 23.6 Å². The van der Waals surface area contributed by atoms with Gasteiger partial charge in [-0.2, -0.15) is 0 Å². The van der Waals surface area contributed by atoms with Crippen molar-refractivity contribution in [2.45, 2.75) is 32.0 Å². The molecule has 3 aliphatic rings. The monoisotopic (exact) mass is 374 g/mol. The van der Waals surface area contributed by atoms with Crippen LogP contribution in [0.4, 0.5) is 4.39 Å². The first-order valence-corrected chi connectivity index (χ1v) is 9.25. The van der Waals surface area contributed by atoms with Crippen LogP contribution in [-0.2, 0) is 22.7 Å². The summed E-state index contributed by atoms with van der Waals surface area (Å²) in [7, 11) is 0. The van der Waals surface area contributed by atoms with Crippen molar-refractivity contribution in [3.8, 4) is 0 Å². The minimum absolute atomic E-state index is 0.176. The molecule has 2 saturated heterocycles. The Bertz CT molecular complexity index is 788. The van der Waals surface area contributed by atoms with Crippen LogP contribution in [0.15, 0.2) is 18.2 Å². The quantitative estimate of drug-likeness (QED) is 0.615. The van der Waals surface area contributed by atoms with Crippen molar-refractivity contribution in [1.29, 1.82) is 0 Å². The molecular weight excluding hydrogens is 351 g/mol. The fourth-order valence-electron chi connectivity index (χ4n) is 3.93. The van der Waals surface area contributed by atoms with Gasteiger partial charge in [-0.25, -0.2) is 0 Å². The summed E-state index contributed by atoms with van der Waals surface area (Å²) in [4.78, 5) is 37.7. The molecule has 3 amide bonds. The number of imide groups is 1. The molecule has 144 valence electrons. The average molecular weight is 374 g/mol. The molecule has 3 N–H and O–H groups in total. The molecule has 0 saturated carbocycles. The zero-order valence-corrected chi connectivity index (χ0v) is 15.0. The number of alkyl halides is 1. The van der Waals surface area contributed by atoms with Gasteiger partial charge in [-0.1, -0.05) is 12.1 Å². The maximum Gasteiger partial charge on any atom is 0.255 e. The van der Waals surface area contributed by atoms with E-state index in [1.54, 1.807) is 4.90 Å². The molecule has 0 aromatic heterocycles. The molecule has 0 bridgehead atoms. The number of fused-ring (bicyclic) bond motifs is 1. The highest BCUT2D eigenvalue weighted by molar-refractivity contribution is 6.05. The van der Waals surface area contributed by atoms with Crippen molar-refractivity contribution >= 4 is 17.7 Å². The maximum absolute atomic E-state index is 13.1. The van der Waals surface area contributed by atoms with Gasteiger partial charge in [0.05, 0.1) is 6.67 Å². The van der Waals surface area contributed by atoms with E-state index in [-0.39, 0.29) is 30.3 Å². The molecule has 0 aliphatic carbocycles. The fraction of sp³-hybridized carbons (Fsp3) is 0.526. The maximum atomic E-state index is 13.1. The Morgan fingerprint density at radius 3 is 2.74 bits per heavy atom. The van der Waals surface area contributed by atoms with Gasteiger partial charge < -0.3 is 15.5 Å². The van der Waals surface area contributed by atoms with Gasteiger partial charge in [0.1, 0.15) is 6.04 Å². The first-order valence-electron chi connectivity index (χ1n) is 9.25. The normalized spacial score (nSPS) is 23.8. The van der Waals surface area contributed by atoms with E-state index < -0.39 is 11.9 Å². The Hall–Kier alpha value is -2.32. The van der Waals surface area contributed by atoms with Gasteiger partial charge in [0, 0.05) is 50.1 Å². The van der Waals surface area contributed by atoms with Crippen LogP contribution < -0.4 is 16.0 Å². The molecule has 1 aromatic rings. The fourth-order valence-corrected chi connectivity index (χ4v) is 3.93. The van der Waals surface area contributed by atoms with E-state index in [4.69, 9.17) is 0 Å². The van der Waals surface area contributed by atoms with E-state index in [1.165, 1.54) is 0 Å². The average Bonchev–Trinajstić information content (AvgIpc) is 2.94. The van der Waals surface area contributed by atoms with Gasteiger partial charge in [0.25, 0.3) is 5.91 Å². The van der Waals surface area contributed by atoms with E-state index in [0.717, 1.165) is 11.1 Å². The second kappa shape index (κ2) is 7.01. The van der Waals surface area contributed by atoms with Crippen LogP contribution in [0.3, 0.4) is 0 Å². The van der Waals surface area contributed by atoms with Crippen LogP contribution in [0, 0.1) is 5.41 Å². The predicted molar refractivity (Wildman–Crippen MR) is 95.5 cm³/mol. The summed E-state index contributed by atoms with van der Waals surface area (Å²) in [6, 6.07) is 5.11. The number of piperidine rings is 1. The standard InChI is InChI=1S/C19H23FN4O3/c20-8-19(10-22-11-19)9-21-6-12-1-2-13-7-24(18(27)14(13)5-12)15-3-4-16(25)23-17(15)26/h1-2,5,15,21-22H,3-4,6-11H2,(H,23,25,26). The van der Waals surface area contributed by atoms with Gasteiger partial charge >= 0.3 is 0 Å². The van der Waals surface area contributed by atoms with E-state index in [0.29, 0.717) is 44.7 Å². The zero-order valence-electron chi connectivity index (χ0n) is 15.0. The Morgan fingerprint density at radius 2 is 2.07 bits per heavy atom. The van der Waals surface area contributed by atoms with Crippen molar-refractivity contribution in [3.63, 3.8) is 0 Å². The highest BCUT2D eigenvalue weighted by Gasteiger charge is 2.39. The van der Waals surface area contributed by atoms with Crippen molar-refractivity contribution < 1.29 is 18.8 Å². The second-order valence-electron chi connectivity index (χ2n) is 7.73. The summed E-state index contributed by atoms with van der Waals surface area (Å²) in [5.41, 5.74) is 2.13. The number of amides is 3. The van der Waals surface area contributed by atoms with Gasteiger partial charge in [0.2, 0.25) is 11.8 Å². The Kier molecular flexibility index (Phi) is 4.69. The second-order valence-corrected chi connectivity index (χ2v) is 7.73. The molecule has 4 rings (SSSR count). The first-order chi connectivity index (χ1) is 13.0. The SMILES string of the molecule is O=C1CCC(N2Cc3ccc(CNCC4(CF)CNC4)cc3C2=O)C(=O)N1. The lowest BCUT2D eigenvalue weighted by Crippen LogP contribution is -2.59. The molecule has 0 spiro atoms. The number of carbonyl (C=O) groups is 3. The van der Waals surface area contributed by atoms with Crippen molar-refractivity contribution in [1.82, 2.24) is 20.9 Å². The number of carbonyl (C=O) groups excluding carboxylic acids is 3. The first kappa shape index (κ1) is 18.1. The molecule has 1 atom stereocenters. The van der Waals surface area contributed by atoms with Crippen LogP contribution in [0.5, 0.6) is 0 Å². The number of rotatable bonds is 6. The molecule has 7 nitrogen and oxygen atoms in total. The van der Waals surface area contributed by atoms with Crippen LogP contribution in [0.25, 0.3) is 0 Å². The number of benzene rings is 1. The largest absolute Gasteiger partial charge is 0.322 e. The molecule has 2 fully saturated rings. The third kappa shape index (κ3) is 3.35. The minimum atomic E-state index is -0.597. The zero-order chi connectivity index (χ0) is 19.0. The summed E-state index contributed by atoms with van der Waals surface area (Å²) in [6.45, 7) is 2.53. The van der Waals surface area contributed by atoms with Gasteiger partial charge in [-0.15, -0.1) is 0 Å². The Labute approximate surface area is 156 Å². The van der Waals surface area contributed by atoms with E-state index in [1.807, 2.05) is 18.2 Å². The van der Waals surface area contributed by atoms with Crippen LogP contribution >= 0.6 is 0 Å². The Morgan fingerprint density at radius 1 is 1.26 bits per heavy atom. The van der Waals surface area contributed by atoms with Gasteiger partial charge in [0.15, 0.2) is 0 Å². The third-order valence-corrected chi connectivity index (χ3v) is 5.71. The predicted octanol–water partition coefficient (Wildman–Crippen LogP) is 0.0963. The topological polar surface area (TPSA) is 90.5 Å². The summed E-state index contributed by atoms with van der Waals surface area (Å²) in [6.07, 6.45) is 0.606. The number of hydrogen-bond donors (Lipinski definition) is 3. The van der Waals surface area contributed by atoms with Crippen molar-refractivity contribution in [2.24, 2.45) is 5.41 Å². The molecule has 3 heterocycles. The molecule has 0 radical (unpaired) electrons. The van der Waals surface area contributed by atoms with Crippen molar-refractivity contribution in [2.75, 3.05) is 26.3 Å². The number of halogens is 1. The minimum Gasteiger partial charge on any atom is -0.322 e. The molecule has 1 aromatic carbocycles. The lowest BCUT2D eigenvalue weighted by molar-refractivity contribution is -0.136. The number of hydrogen-bond acceptors (Lipinski definition) is 5. The van der Waals surface area contributed by atoms with E-state index in [2.05, 4.69) is 16.0 Å². The smallest absolute Gasteiger partial charge is 0.255 e. The number of nitrogens with zero attached hydrogens (tertiary/aromatic N) is 1. The highest BCUT2D eigenvalue weighted by Crippen LogP contribution is 2.28. The molecule has 27 heavy (non-hydrogen) atoms. The van der Waals surface area contributed by atoms with Crippen molar-refractivity contribution in [3.05, 3.63) is 34.9 Å². The number of nitrogens with one attached hydrogen (secondary N) is 3. The molecule has 8 heteroatoms. The molecular formula is C19H23FN4O3. The lowest BCUT2D eigenvalue weighted by Gasteiger charge is -2.40. The third-order valence-electron chi connectivity index (χ3n) is 5.71. The molecule has 1 unspecified atom stereocenters. The summed E-state index contributed by atoms with van der Waals surface area (Å²) in [5.74, 6) is -0.869. The van der Waals surface area contributed by atoms with E-state index >= 15 is 0 Å². The highest BCUT2D eigenvalue weighted by atomic mass is 19.1. The summed E-state index contributed by atoms with van der Waals surface area (Å²) in [5, 5.41) is 8.69.